The Morgan fingerprint density at radius 1 is 0.941 bits per heavy atom. The van der Waals surface area contributed by atoms with Gasteiger partial charge in [0.2, 0.25) is 11.3 Å². The van der Waals surface area contributed by atoms with Crippen molar-refractivity contribution in [2.75, 3.05) is 0 Å². The molecule has 2 N–H and O–H groups in total. The molecule has 4 nitrogen and oxygen atoms in total. The maximum absolute atomic E-state index is 9.63. The van der Waals surface area contributed by atoms with Crippen LogP contribution in [-0.2, 0) is 0 Å². The molecule has 0 aliphatic heterocycles. The van der Waals surface area contributed by atoms with E-state index in [9.17, 15) is 10.2 Å². The molecule has 0 bridgehead atoms. The number of phenolic OH excluding ortho intramolecular Hbond substituents is 2. The molecule has 0 aliphatic carbocycles. The molecule has 0 fully saturated rings. The van der Waals surface area contributed by atoms with Gasteiger partial charge in [-0.2, -0.15) is 0 Å². The van der Waals surface area contributed by atoms with Crippen molar-refractivity contribution in [1.29, 1.82) is 0 Å². The summed E-state index contributed by atoms with van der Waals surface area (Å²) in [5, 5.41) is 23.6. The normalized spacial score (nSPS) is 10.8. The zero-order valence-electron chi connectivity index (χ0n) is 8.79. The summed E-state index contributed by atoms with van der Waals surface area (Å²) >= 11 is 0. The van der Waals surface area contributed by atoms with Crippen LogP contribution >= 0.6 is 0 Å². The number of rotatable bonds is 1. The summed E-state index contributed by atoms with van der Waals surface area (Å²) < 4.78 is 5.06. The lowest BCUT2D eigenvalue weighted by Crippen LogP contribution is -1.77. The van der Waals surface area contributed by atoms with Crippen LogP contribution in [-0.4, -0.2) is 15.4 Å². The van der Waals surface area contributed by atoms with Gasteiger partial charge in [0, 0.05) is 5.56 Å². The molecular formula is C13H9NO3. The highest BCUT2D eigenvalue weighted by molar-refractivity contribution is 5.95. The van der Waals surface area contributed by atoms with Crippen LogP contribution in [0.15, 0.2) is 47.0 Å². The third-order valence-corrected chi connectivity index (χ3v) is 2.64. The molecule has 0 amide bonds. The zero-order chi connectivity index (χ0) is 11.8. The predicted molar refractivity (Wildman–Crippen MR) is 62.8 cm³/mol. The first kappa shape index (κ1) is 9.72. The van der Waals surface area contributed by atoms with Crippen LogP contribution in [0.5, 0.6) is 11.5 Å². The number of nitrogens with zero attached hydrogens (tertiary/aromatic N) is 1. The van der Waals surface area contributed by atoms with Crippen molar-refractivity contribution in [2.24, 2.45) is 0 Å². The van der Waals surface area contributed by atoms with Crippen LogP contribution < -0.4 is 0 Å². The minimum Gasteiger partial charge on any atom is -0.504 e. The molecular weight excluding hydrogens is 218 g/mol. The number of hydrogen-bond donors (Lipinski definition) is 2. The van der Waals surface area contributed by atoms with Crippen LogP contribution in [0.2, 0.25) is 0 Å². The van der Waals surface area contributed by atoms with Gasteiger partial charge in [0.25, 0.3) is 0 Å². The quantitative estimate of drug-likeness (QED) is 0.627. The summed E-state index contributed by atoms with van der Waals surface area (Å²) in [6.07, 6.45) is 0. The molecule has 1 aromatic heterocycles. The summed E-state index contributed by atoms with van der Waals surface area (Å²) in [5.41, 5.74) is 1.75. The highest BCUT2D eigenvalue weighted by Crippen LogP contribution is 2.37. The molecule has 0 saturated heterocycles. The molecule has 2 aromatic carbocycles. The van der Waals surface area contributed by atoms with Crippen molar-refractivity contribution >= 4 is 11.0 Å². The minimum absolute atomic E-state index is 0.198. The summed E-state index contributed by atoms with van der Waals surface area (Å²) in [5.74, 6) is -0.495. The van der Waals surface area contributed by atoms with E-state index in [0.717, 1.165) is 5.56 Å². The third kappa shape index (κ3) is 1.42. The van der Waals surface area contributed by atoms with Crippen LogP contribution in [0, 0.1) is 0 Å². The van der Waals surface area contributed by atoms with Gasteiger partial charge in [-0.1, -0.05) is 35.5 Å². The molecule has 1 heterocycles. The van der Waals surface area contributed by atoms with E-state index in [1.165, 1.54) is 6.07 Å². The summed E-state index contributed by atoms with van der Waals surface area (Å²) in [6, 6.07) is 12.6. The largest absolute Gasteiger partial charge is 0.504 e. The number of benzene rings is 2. The van der Waals surface area contributed by atoms with Crippen molar-refractivity contribution in [2.45, 2.75) is 0 Å². The Morgan fingerprint density at radius 3 is 2.47 bits per heavy atom. The van der Waals surface area contributed by atoms with Gasteiger partial charge < -0.3 is 14.7 Å². The molecule has 0 saturated carbocycles. The van der Waals surface area contributed by atoms with Gasteiger partial charge in [-0.15, -0.1) is 0 Å². The second kappa shape index (κ2) is 3.52. The lowest BCUT2D eigenvalue weighted by Gasteiger charge is -1.97. The van der Waals surface area contributed by atoms with E-state index in [4.69, 9.17) is 4.52 Å². The molecule has 0 radical (unpaired) electrons. The number of hydrogen-bond acceptors (Lipinski definition) is 4. The summed E-state index contributed by atoms with van der Waals surface area (Å²) in [7, 11) is 0. The highest BCUT2D eigenvalue weighted by Gasteiger charge is 2.15. The van der Waals surface area contributed by atoms with Crippen LogP contribution in [0.4, 0.5) is 0 Å². The van der Waals surface area contributed by atoms with E-state index in [1.54, 1.807) is 6.07 Å². The third-order valence-electron chi connectivity index (χ3n) is 2.64. The van der Waals surface area contributed by atoms with Crippen molar-refractivity contribution in [3.05, 3.63) is 42.5 Å². The number of aromatic hydroxyl groups is 2. The van der Waals surface area contributed by atoms with Gasteiger partial charge in [0.05, 0.1) is 5.39 Å². The Labute approximate surface area is 96.7 Å². The average molecular weight is 227 g/mol. The lowest BCUT2D eigenvalue weighted by atomic mass is 10.1. The fourth-order valence-corrected chi connectivity index (χ4v) is 1.78. The Morgan fingerprint density at radius 2 is 1.71 bits per heavy atom. The second-order valence-electron chi connectivity index (χ2n) is 3.71. The smallest absolute Gasteiger partial charge is 0.212 e. The van der Waals surface area contributed by atoms with E-state index >= 15 is 0 Å². The second-order valence-corrected chi connectivity index (χ2v) is 3.71. The van der Waals surface area contributed by atoms with Crippen molar-refractivity contribution < 1.29 is 14.7 Å². The molecule has 17 heavy (non-hydrogen) atoms. The maximum Gasteiger partial charge on any atom is 0.212 e. The first-order valence-corrected chi connectivity index (χ1v) is 5.13. The SMILES string of the molecule is Oc1ccc2c(-c3ccccc3)noc2c1O. The monoisotopic (exact) mass is 227 g/mol. The first-order valence-electron chi connectivity index (χ1n) is 5.13. The average Bonchev–Trinajstić information content (AvgIpc) is 2.79. The summed E-state index contributed by atoms with van der Waals surface area (Å²) in [4.78, 5) is 0. The van der Waals surface area contributed by atoms with E-state index in [2.05, 4.69) is 5.16 Å². The maximum atomic E-state index is 9.63. The van der Waals surface area contributed by atoms with Crippen LogP contribution in [0.3, 0.4) is 0 Å². The van der Waals surface area contributed by atoms with Crippen molar-refractivity contribution in [3.63, 3.8) is 0 Å². The van der Waals surface area contributed by atoms with E-state index < -0.39 is 0 Å². The standard InChI is InChI=1S/C13H9NO3/c15-10-7-6-9-11(8-4-2-1-3-5-8)14-17-13(9)12(10)16/h1-7,15-16H. The van der Waals surface area contributed by atoms with Gasteiger partial charge in [-0.05, 0) is 12.1 Å². The molecule has 84 valence electrons. The number of aromatic nitrogens is 1. The van der Waals surface area contributed by atoms with Gasteiger partial charge in [-0.3, -0.25) is 0 Å². The Hall–Kier alpha value is -2.49. The number of fused-ring (bicyclic) bond motifs is 1. The van der Waals surface area contributed by atoms with E-state index in [-0.39, 0.29) is 17.1 Å². The van der Waals surface area contributed by atoms with E-state index in [0.29, 0.717) is 11.1 Å². The molecule has 3 rings (SSSR count). The zero-order valence-corrected chi connectivity index (χ0v) is 8.79. The fraction of sp³-hybridized carbons (Fsp3) is 0. The Bertz CT molecular complexity index is 674. The van der Waals surface area contributed by atoms with Crippen LogP contribution in [0.1, 0.15) is 0 Å². The van der Waals surface area contributed by atoms with Gasteiger partial charge in [0.15, 0.2) is 5.75 Å². The molecule has 0 aliphatic rings. The van der Waals surface area contributed by atoms with Gasteiger partial charge in [0.1, 0.15) is 5.69 Å². The molecule has 4 heteroatoms. The molecule has 0 spiro atoms. The fourth-order valence-electron chi connectivity index (χ4n) is 1.78. The van der Waals surface area contributed by atoms with Gasteiger partial charge in [-0.25, -0.2) is 0 Å². The Kier molecular flexibility index (Phi) is 2.01. The predicted octanol–water partition coefficient (Wildman–Crippen LogP) is 2.91. The minimum atomic E-state index is -0.280. The molecule has 0 atom stereocenters. The summed E-state index contributed by atoms with van der Waals surface area (Å²) in [6.45, 7) is 0. The van der Waals surface area contributed by atoms with Crippen molar-refractivity contribution in [3.8, 4) is 22.8 Å². The first-order chi connectivity index (χ1) is 8.27. The van der Waals surface area contributed by atoms with Crippen LogP contribution in [0.25, 0.3) is 22.2 Å². The topological polar surface area (TPSA) is 66.5 Å². The highest BCUT2D eigenvalue weighted by atomic mass is 16.5. The molecule has 0 unspecified atom stereocenters. The van der Waals surface area contributed by atoms with Gasteiger partial charge >= 0.3 is 0 Å². The van der Waals surface area contributed by atoms with E-state index in [1.807, 2.05) is 30.3 Å². The Balaban J connectivity index is 2.30. The lowest BCUT2D eigenvalue weighted by molar-refractivity contribution is 0.387. The van der Waals surface area contributed by atoms with Crippen molar-refractivity contribution in [1.82, 2.24) is 5.16 Å². The molecule has 3 aromatic rings. The number of phenols is 2.